The van der Waals surface area contributed by atoms with Crippen LogP contribution in [0.2, 0.25) is 0 Å². The van der Waals surface area contributed by atoms with Gasteiger partial charge in [0, 0.05) is 19.3 Å². The maximum Gasteiger partial charge on any atom is 0.306 e. The van der Waals surface area contributed by atoms with Crippen LogP contribution in [-0.2, 0) is 28.6 Å². The average Bonchev–Trinajstić information content (AvgIpc) is 3.18. The number of rotatable bonds is 43. The molecule has 0 fully saturated rings. The zero-order valence-corrected chi connectivity index (χ0v) is 38.5. The second kappa shape index (κ2) is 41.3. The van der Waals surface area contributed by atoms with Crippen LogP contribution >= 0.6 is 0 Å². The lowest BCUT2D eigenvalue weighted by Crippen LogP contribution is -2.55. The number of likely N-dealkylation sites (N-methyl/N-ethyl adjacent to an activating group) is 1. The van der Waals surface area contributed by atoms with Crippen molar-refractivity contribution in [1.82, 2.24) is 0 Å². The Bertz CT molecular complexity index is 1050. The molecule has 0 amide bonds. The molecule has 58 heavy (non-hydrogen) atoms. The van der Waals surface area contributed by atoms with Gasteiger partial charge in [-0.15, -0.1) is 0 Å². The molecule has 0 aromatic carbocycles. The van der Waals surface area contributed by atoms with Gasteiger partial charge in [-0.25, -0.2) is 0 Å². The van der Waals surface area contributed by atoms with Gasteiger partial charge in [0.25, 0.3) is 0 Å². The Kier molecular flexibility index (Phi) is 39.5. The highest BCUT2D eigenvalue weighted by molar-refractivity contribution is 5.70. The lowest BCUT2D eigenvalue weighted by molar-refractivity contribution is -0.889. The third kappa shape index (κ3) is 39.0. The van der Waals surface area contributed by atoms with Crippen LogP contribution in [0.3, 0.4) is 0 Å². The maximum atomic E-state index is 12.7. The van der Waals surface area contributed by atoms with Gasteiger partial charge in [-0.1, -0.05) is 159 Å². The molecule has 2 atom stereocenters. The smallest absolute Gasteiger partial charge is 0.306 e. The van der Waals surface area contributed by atoms with Crippen LogP contribution in [0.5, 0.6) is 0 Å². The number of carboxylic acids is 1. The first-order valence-electron chi connectivity index (χ1n) is 24.0. The van der Waals surface area contributed by atoms with Crippen LogP contribution in [-0.4, -0.2) is 75.5 Å². The number of hydrogen-bond acceptors (Lipinski definition) is 7. The van der Waals surface area contributed by atoms with Crippen molar-refractivity contribution >= 4 is 17.9 Å². The molecular weight excluding hydrogens is 727 g/mol. The number of esters is 2. The Balaban J connectivity index is 4.31. The lowest BCUT2D eigenvalue weighted by atomic mass is 10.1. The van der Waals surface area contributed by atoms with E-state index in [-0.39, 0.29) is 42.7 Å². The van der Waals surface area contributed by atoms with Gasteiger partial charge in [0.1, 0.15) is 12.6 Å². The predicted octanol–water partition coefficient (Wildman–Crippen LogP) is 12.1. The summed E-state index contributed by atoms with van der Waals surface area (Å²) in [5.74, 6) is -1.74. The summed E-state index contributed by atoms with van der Waals surface area (Å²) < 4.78 is 17.2. The normalized spacial score (nSPS) is 13.2. The van der Waals surface area contributed by atoms with E-state index in [9.17, 15) is 19.5 Å². The average molecular weight is 818 g/mol. The fourth-order valence-electron chi connectivity index (χ4n) is 6.98. The fourth-order valence-corrected chi connectivity index (χ4v) is 6.98. The second-order valence-corrected chi connectivity index (χ2v) is 17.3. The first-order chi connectivity index (χ1) is 28.1. The zero-order chi connectivity index (χ0) is 42.8. The Morgan fingerprint density at radius 2 is 0.914 bits per heavy atom. The van der Waals surface area contributed by atoms with Crippen LogP contribution in [0, 0.1) is 0 Å². The molecule has 8 nitrogen and oxygen atoms in total. The second-order valence-electron chi connectivity index (χ2n) is 17.3. The molecule has 338 valence electrons. The van der Waals surface area contributed by atoms with E-state index in [1.165, 1.54) is 128 Å². The molecule has 0 aliphatic heterocycles. The van der Waals surface area contributed by atoms with Gasteiger partial charge in [-0.3, -0.25) is 9.59 Å². The molecule has 0 aliphatic rings. The van der Waals surface area contributed by atoms with Crippen molar-refractivity contribution < 1.29 is 38.2 Å². The molecule has 0 spiro atoms. The SMILES string of the molecule is CCCCC/C=C/C/C=C/CCCCCCCCCC(=O)OCC(COCCC(C(=O)[O-])[N+](C)(C)C)OC(=O)CCCCCCCCC/C=C/CCCCCCCC. The summed E-state index contributed by atoms with van der Waals surface area (Å²) in [4.78, 5) is 36.9. The molecule has 0 heterocycles. The first-order valence-corrected chi connectivity index (χ1v) is 24.0. The molecule has 8 heteroatoms. The molecule has 0 N–H and O–H groups in total. The molecule has 0 radical (unpaired) electrons. The monoisotopic (exact) mass is 818 g/mol. The van der Waals surface area contributed by atoms with Crippen LogP contribution in [0.15, 0.2) is 36.5 Å². The van der Waals surface area contributed by atoms with E-state index in [0.717, 1.165) is 51.4 Å². The predicted molar refractivity (Wildman–Crippen MR) is 240 cm³/mol. The number of aliphatic carboxylic acids is 1. The van der Waals surface area contributed by atoms with Gasteiger partial charge in [-0.2, -0.15) is 0 Å². The minimum atomic E-state index is -1.13. The highest BCUT2D eigenvalue weighted by Gasteiger charge is 2.25. The molecule has 0 saturated carbocycles. The molecule has 0 aliphatic carbocycles. The van der Waals surface area contributed by atoms with Crippen LogP contribution in [0.4, 0.5) is 0 Å². The minimum absolute atomic E-state index is 0.0378. The van der Waals surface area contributed by atoms with Crippen LogP contribution < -0.4 is 5.11 Å². The minimum Gasteiger partial charge on any atom is -0.544 e. The first kappa shape index (κ1) is 55.5. The Hall–Kier alpha value is -2.45. The topological polar surface area (TPSA) is 102 Å². The summed E-state index contributed by atoms with van der Waals surface area (Å²) in [5.41, 5.74) is 0. The van der Waals surface area contributed by atoms with Gasteiger partial charge in [0.05, 0.1) is 40.3 Å². The number of unbranched alkanes of at least 4 members (excludes halogenated alkanes) is 23. The summed E-state index contributed by atoms with van der Waals surface area (Å²) in [5, 5.41) is 11.6. The quantitative estimate of drug-likeness (QED) is 0.0261. The van der Waals surface area contributed by atoms with E-state index in [1.54, 1.807) is 21.1 Å². The zero-order valence-electron chi connectivity index (χ0n) is 38.5. The number of quaternary nitrogens is 1. The lowest BCUT2D eigenvalue weighted by Gasteiger charge is -2.34. The van der Waals surface area contributed by atoms with Gasteiger partial charge < -0.3 is 28.6 Å². The molecule has 2 unspecified atom stereocenters. The van der Waals surface area contributed by atoms with Crippen molar-refractivity contribution in [3.8, 4) is 0 Å². The summed E-state index contributed by atoms with van der Waals surface area (Å²) in [6.07, 6.45) is 47.3. The van der Waals surface area contributed by atoms with Crippen molar-refractivity contribution in [1.29, 1.82) is 0 Å². The van der Waals surface area contributed by atoms with Crippen molar-refractivity contribution in [3.63, 3.8) is 0 Å². The number of carbonyl (C=O) groups is 3. The van der Waals surface area contributed by atoms with Crippen molar-refractivity contribution in [2.45, 2.75) is 225 Å². The molecule has 0 aromatic rings. The third-order valence-electron chi connectivity index (χ3n) is 10.7. The van der Waals surface area contributed by atoms with Crippen LogP contribution in [0.1, 0.15) is 213 Å². The van der Waals surface area contributed by atoms with Crippen molar-refractivity contribution in [2.24, 2.45) is 0 Å². The summed E-state index contributed by atoms with van der Waals surface area (Å²) >= 11 is 0. The summed E-state index contributed by atoms with van der Waals surface area (Å²) in [6, 6.07) is -0.727. The van der Waals surface area contributed by atoms with Gasteiger partial charge in [0.15, 0.2) is 6.10 Å². The highest BCUT2D eigenvalue weighted by Crippen LogP contribution is 2.14. The number of ether oxygens (including phenoxy) is 3. The van der Waals surface area contributed by atoms with Gasteiger partial charge in [0.2, 0.25) is 0 Å². The molecule has 0 rings (SSSR count). The summed E-state index contributed by atoms with van der Waals surface area (Å²) in [6.45, 7) is 4.64. The number of allylic oxidation sites excluding steroid dienone is 6. The number of carboxylic acid groups (broad SMARTS) is 1. The van der Waals surface area contributed by atoms with Crippen molar-refractivity contribution in [3.05, 3.63) is 36.5 Å². The fraction of sp³-hybridized carbons (Fsp3) is 0.820. The van der Waals surface area contributed by atoms with E-state index >= 15 is 0 Å². The Morgan fingerprint density at radius 1 is 0.517 bits per heavy atom. The number of nitrogens with zero attached hydrogens (tertiary/aromatic N) is 1. The van der Waals surface area contributed by atoms with Gasteiger partial charge in [-0.05, 0) is 70.6 Å². The largest absolute Gasteiger partial charge is 0.544 e. The summed E-state index contributed by atoms with van der Waals surface area (Å²) in [7, 11) is 5.41. The maximum absolute atomic E-state index is 12.7. The van der Waals surface area contributed by atoms with Crippen molar-refractivity contribution in [2.75, 3.05) is 41.0 Å². The van der Waals surface area contributed by atoms with E-state index in [4.69, 9.17) is 14.2 Å². The molecule has 0 bridgehead atoms. The third-order valence-corrected chi connectivity index (χ3v) is 10.7. The van der Waals surface area contributed by atoms with E-state index in [0.29, 0.717) is 12.8 Å². The molecule has 0 saturated heterocycles. The van der Waals surface area contributed by atoms with Crippen LogP contribution in [0.25, 0.3) is 0 Å². The Labute approximate surface area is 357 Å². The van der Waals surface area contributed by atoms with E-state index in [2.05, 4.69) is 50.3 Å². The highest BCUT2D eigenvalue weighted by atomic mass is 16.6. The van der Waals surface area contributed by atoms with Gasteiger partial charge >= 0.3 is 11.9 Å². The number of carbonyl (C=O) groups excluding carboxylic acids is 3. The molecular formula is C50H91NO7. The number of hydrogen-bond donors (Lipinski definition) is 0. The molecule has 0 aromatic heterocycles. The standard InChI is InChI=1S/C50H91NO7/c1-6-8-10-12-14-16-18-20-22-24-26-28-30-32-34-36-38-40-48(52)57-45-46(44-56-43-42-47(50(54)55)51(3,4)5)58-49(53)41-39-37-35-33-31-29-27-25-23-21-19-17-15-13-11-9-7-2/h14,16,20-23,46-47H,6-13,15,17-19,24-45H2,1-5H3/b16-14+,22-20+,23-21+. The Morgan fingerprint density at radius 3 is 1.38 bits per heavy atom. The van der Waals surface area contributed by atoms with E-state index in [1.807, 2.05) is 0 Å². The van der Waals surface area contributed by atoms with E-state index < -0.39 is 18.1 Å².